The van der Waals surface area contributed by atoms with Gasteiger partial charge in [-0.2, -0.15) is 0 Å². The highest BCUT2D eigenvalue weighted by atomic mass is 32.1. The summed E-state index contributed by atoms with van der Waals surface area (Å²) in [6.45, 7) is 4.54. The first-order chi connectivity index (χ1) is 8.60. The number of rotatable bonds is 5. The quantitative estimate of drug-likeness (QED) is 0.882. The van der Waals surface area contributed by atoms with E-state index in [1.54, 1.807) is 18.3 Å². The third-order valence-corrected chi connectivity index (χ3v) is 4.80. The van der Waals surface area contributed by atoms with Crippen molar-refractivity contribution >= 4 is 33.8 Å². The van der Waals surface area contributed by atoms with Gasteiger partial charge in [0.2, 0.25) is 0 Å². The van der Waals surface area contributed by atoms with Crippen molar-refractivity contribution in [1.29, 1.82) is 0 Å². The number of aromatic carboxylic acids is 1. The number of thiophene rings is 1. The standard InChI is InChI=1S/C12H14N2O2S2/c1-3-8-4-5-9(17-8)6-13-12-14-7(2)10(18-12)11(15)16/h4-5H,3,6H2,1-2H3,(H,13,14)(H,15,16). The van der Waals surface area contributed by atoms with Crippen LogP contribution in [-0.4, -0.2) is 16.1 Å². The molecule has 0 radical (unpaired) electrons. The smallest absolute Gasteiger partial charge is 0.347 e. The van der Waals surface area contributed by atoms with E-state index in [2.05, 4.69) is 29.4 Å². The maximum atomic E-state index is 10.9. The highest BCUT2D eigenvalue weighted by Gasteiger charge is 2.13. The summed E-state index contributed by atoms with van der Waals surface area (Å²) in [5.74, 6) is -0.914. The van der Waals surface area contributed by atoms with Crippen molar-refractivity contribution in [1.82, 2.24) is 4.98 Å². The maximum absolute atomic E-state index is 10.9. The van der Waals surface area contributed by atoms with E-state index >= 15 is 0 Å². The summed E-state index contributed by atoms with van der Waals surface area (Å²) < 4.78 is 0. The van der Waals surface area contributed by atoms with Crippen molar-refractivity contribution in [3.8, 4) is 0 Å². The van der Waals surface area contributed by atoms with E-state index in [1.165, 1.54) is 21.1 Å². The van der Waals surface area contributed by atoms with Crippen LogP contribution in [0.4, 0.5) is 5.13 Å². The summed E-state index contributed by atoms with van der Waals surface area (Å²) in [5, 5.41) is 12.8. The first-order valence-electron chi connectivity index (χ1n) is 5.62. The molecule has 0 aromatic carbocycles. The normalized spacial score (nSPS) is 10.6. The molecule has 0 aliphatic rings. The lowest BCUT2D eigenvalue weighted by molar-refractivity contribution is 0.0701. The second-order valence-electron chi connectivity index (χ2n) is 3.81. The van der Waals surface area contributed by atoms with Gasteiger partial charge < -0.3 is 10.4 Å². The van der Waals surface area contributed by atoms with Crippen molar-refractivity contribution in [3.63, 3.8) is 0 Å². The molecule has 0 saturated carbocycles. The molecule has 96 valence electrons. The average molecular weight is 282 g/mol. The number of aryl methyl sites for hydroxylation is 2. The van der Waals surface area contributed by atoms with Crippen molar-refractivity contribution in [2.75, 3.05) is 5.32 Å². The average Bonchev–Trinajstić information content (AvgIpc) is 2.92. The Bertz CT molecular complexity index is 560. The van der Waals surface area contributed by atoms with E-state index in [-0.39, 0.29) is 0 Å². The largest absolute Gasteiger partial charge is 0.477 e. The third-order valence-electron chi connectivity index (χ3n) is 2.47. The number of carbonyl (C=O) groups is 1. The van der Waals surface area contributed by atoms with Gasteiger partial charge in [-0.25, -0.2) is 9.78 Å². The molecule has 2 aromatic heterocycles. The zero-order chi connectivity index (χ0) is 13.1. The van der Waals surface area contributed by atoms with Gasteiger partial charge in [0.1, 0.15) is 4.88 Å². The molecule has 0 aliphatic carbocycles. The van der Waals surface area contributed by atoms with Crippen molar-refractivity contribution in [3.05, 3.63) is 32.5 Å². The van der Waals surface area contributed by atoms with Gasteiger partial charge in [0.05, 0.1) is 12.2 Å². The molecular weight excluding hydrogens is 268 g/mol. The van der Waals surface area contributed by atoms with Crippen LogP contribution in [0.15, 0.2) is 12.1 Å². The van der Waals surface area contributed by atoms with Gasteiger partial charge >= 0.3 is 5.97 Å². The van der Waals surface area contributed by atoms with Crippen LogP contribution in [0.3, 0.4) is 0 Å². The van der Waals surface area contributed by atoms with Gasteiger partial charge in [-0.1, -0.05) is 18.3 Å². The number of nitrogens with zero attached hydrogens (tertiary/aromatic N) is 1. The van der Waals surface area contributed by atoms with Gasteiger partial charge in [0.25, 0.3) is 0 Å². The first kappa shape index (κ1) is 13.0. The summed E-state index contributed by atoms with van der Waals surface area (Å²) in [7, 11) is 0. The fourth-order valence-corrected chi connectivity index (χ4v) is 3.24. The summed E-state index contributed by atoms with van der Waals surface area (Å²) in [6.07, 6.45) is 1.05. The molecule has 0 aliphatic heterocycles. The Balaban J connectivity index is 2.01. The Morgan fingerprint density at radius 1 is 1.39 bits per heavy atom. The topological polar surface area (TPSA) is 62.2 Å². The van der Waals surface area contributed by atoms with Crippen LogP contribution in [0, 0.1) is 6.92 Å². The van der Waals surface area contributed by atoms with Crippen LogP contribution >= 0.6 is 22.7 Å². The minimum absolute atomic E-state index is 0.304. The van der Waals surface area contributed by atoms with Crippen LogP contribution in [0.25, 0.3) is 0 Å². The van der Waals surface area contributed by atoms with E-state index in [0.717, 1.165) is 6.42 Å². The fraction of sp³-hybridized carbons (Fsp3) is 0.333. The van der Waals surface area contributed by atoms with Gasteiger partial charge in [0.15, 0.2) is 5.13 Å². The second-order valence-corrected chi connectivity index (χ2v) is 6.07. The van der Waals surface area contributed by atoms with Crippen LogP contribution in [0.2, 0.25) is 0 Å². The number of carboxylic acids is 1. The molecule has 0 fully saturated rings. The van der Waals surface area contributed by atoms with Crippen LogP contribution in [0.1, 0.15) is 32.0 Å². The molecule has 2 aromatic rings. The number of hydrogen-bond donors (Lipinski definition) is 2. The summed E-state index contributed by atoms with van der Waals surface area (Å²) in [4.78, 5) is 18.0. The molecule has 0 atom stereocenters. The Morgan fingerprint density at radius 3 is 2.67 bits per heavy atom. The van der Waals surface area contributed by atoms with Crippen LogP contribution < -0.4 is 5.32 Å². The predicted octanol–water partition coefficient (Wildman–Crippen LogP) is 3.39. The highest BCUT2D eigenvalue weighted by molar-refractivity contribution is 7.17. The molecule has 2 rings (SSSR count). The Hall–Kier alpha value is -1.40. The molecule has 4 nitrogen and oxygen atoms in total. The zero-order valence-electron chi connectivity index (χ0n) is 10.2. The Kier molecular flexibility index (Phi) is 3.98. The van der Waals surface area contributed by atoms with Crippen LogP contribution in [-0.2, 0) is 13.0 Å². The van der Waals surface area contributed by atoms with Gasteiger partial charge in [0, 0.05) is 9.75 Å². The molecule has 6 heteroatoms. The van der Waals surface area contributed by atoms with E-state index < -0.39 is 5.97 Å². The number of thiazole rings is 1. The van der Waals surface area contributed by atoms with E-state index in [9.17, 15) is 4.79 Å². The number of aromatic nitrogens is 1. The SMILES string of the molecule is CCc1ccc(CNc2nc(C)c(C(=O)O)s2)s1. The summed E-state index contributed by atoms with van der Waals surface area (Å²) in [5.41, 5.74) is 0.565. The van der Waals surface area contributed by atoms with E-state index in [4.69, 9.17) is 5.11 Å². The molecule has 2 N–H and O–H groups in total. The number of hydrogen-bond acceptors (Lipinski definition) is 5. The lowest BCUT2D eigenvalue weighted by atomic mass is 10.4. The molecule has 0 amide bonds. The molecule has 0 saturated heterocycles. The van der Waals surface area contributed by atoms with Gasteiger partial charge in [-0.3, -0.25) is 0 Å². The maximum Gasteiger partial charge on any atom is 0.347 e. The fourth-order valence-electron chi connectivity index (χ4n) is 1.54. The van der Waals surface area contributed by atoms with Gasteiger partial charge in [-0.15, -0.1) is 11.3 Å². The van der Waals surface area contributed by atoms with E-state index in [1.807, 2.05) is 0 Å². The molecule has 0 spiro atoms. The number of carboxylic acid groups (broad SMARTS) is 1. The number of anilines is 1. The van der Waals surface area contributed by atoms with Crippen molar-refractivity contribution in [2.24, 2.45) is 0 Å². The Labute approximate surface area is 113 Å². The minimum atomic E-state index is -0.914. The van der Waals surface area contributed by atoms with Crippen molar-refractivity contribution < 1.29 is 9.90 Å². The molecule has 0 bridgehead atoms. The minimum Gasteiger partial charge on any atom is -0.477 e. The molecule has 2 heterocycles. The zero-order valence-corrected chi connectivity index (χ0v) is 11.8. The van der Waals surface area contributed by atoms with Crippen LogP contribution in [0.5, 0.6) is 0 Å². The molecule has 18 heavy (non-hydrogen) atoms. The highest BCUT2D eigenvalue weighted by Crippen LogP contribution is 2.24. The Morgan fingerprint density at radius 2 is 2.11 bits per heavy atom. The molecular formula is C12H14N2O2S2. The predicted molar refractivity (Wildman–Crippen MR) is 74.8 cm³/mol. The number of nitrogens with one attached hydrogen (secondary N) is 1. The second kappa shape index (κ2) is 5.49. The summed E-state index contributed by atoms with van der Waals surface area (Å²) >= 11 is 2.95. The lowest BCUT2D eigenvalue weighted by Gasteiger charge is -1.98. The molecule has 0 unspecified atom stereocenters. The first-order valence-corrected chi connectivity index (χ1v) is 7.25. The van der Waals surface area contributed by atoms with Crippen molar-refractivity contribution in [2.45, 2.75) is 26.8 Å². The third kappa shape index (κ3) is 2.88. The van der Waals surface area contributed by atoms with Gasteiger partial charge in [-0.05, 0) is 25.5 Å². The summed E-state index contributed by atoms with van der Waals surface area (Å²) in [6, 6.07) is 4.21. The van der Waals surface area contributed by atoms with E-state index in [0.29, 0.717) is 22.2 Å². The monoisotopic (exact) mass is 282 g/mol. The lowest BCUT2D eigenvalue weighted by Crippen LogP contribution is -1.96.